The van der Waals surface area contributed by atoms with Gasteiger partial charge < -0.3 is 19.7 Å². The molecule has 7 heteroatoms. The third kappa shape index (κ3) is 7.47. The average molecular weight is 475 g/mol. The maximum absolute atomic E-state index is 14.7. The summed E-state index contributed by atoms with van der Waals surface area (Å²) in [4.78, 5) is 26.1. The third-order valence-electron chi connectivity index (χ3n) is 6.37. The molecule has 0 aromatic heterocycles. The van der Waals surface area contributed by atoms with Gasteiger partial charge in [-0.25, -0.2) is 9.18 Å². The number of carbonyl (C=O) groups excluding carboxylic acids is 2. The lowest BCUT2D eigenvalue weighted by molar-refractivity contribution is -0.125. The molecule has 1 aliphatic carbocycles. The Morgan fingerprint density at radius 3 is 2.50 bits per heavy atom. The molecule has 1 fully saturated rings. The van der Waals surface area contributed by atoms with Gasteiger partial charge in [0.2, 0.25) is 5.91 Å². The van der Waals surface area contributed by atoms with Crippen LogP contribution in [0.3, 0.4) is 0 Å². The number of nitrogens with one attached hydrogen (secondary N) is 1. The van der Waals surface area contributed by atoms with E-state index in [1.54, 1.807) is 11.0 Å². The number of allylic oxidation sites excluding steroid dienone is 2. The van der Waals surface area contributed by atoms with Crippen LogP contribution >= 0.6 is 0 Å². The number of ether oxygens (including phenoxy) is 2. The zero-order chi connectivity index (χ0) is 24.7. The van der Waals surface area contributed by atoms with Crippen LogP contribution in [0.2, 0.25) is 0 Å². The highest BCUT2D eigenvalue weighted by atomic mass is 19.1. The third-order valence-corrected chi connectivity index (χ3v) is 6.37. The SMILES string of the molecule is CCCNC(=O)C1CC=C(c2ccc(OCC3CCN(C(=O)OC(C)(C)C)CC3)c(F)c2)CC1. The number of rotatable bonds is 7. The fraction of sp³-hybridized carbons (Fsp3) is 0.630. The molecule has 1 aromatic rings. The summed E-state index contributed by atoms with van der Waals surface area (Å²) in [5, 5.41) is 2.96. The average Bonchev–Trinajstić information content (AvgIpc) is 2.81. The highest BCUT2D eigenvalue weighted by Gasteiger charge is 2.27. The van der Waals surface area contributed by atoms with Crippen LogP contribution in [0.4, 0.5) is 9.18 Å². The van der Waals surface area contributed by atoms with Gasteiger partial charge in [0.1, 0.15) is 5.60 Å². The summed E-state index contributed by atoms with van der Waals surface area (Å²) in [5.41, 5.74) is 1.43. The minimum Gasteiger partial charge on any atom is -0.490 e. The van der Waals surface area contributed by atoms with Crippen molar-refractivity contribution in [2.45, 2.75) is 71.8 Å². The fourth-order valence-electron chi connectivity index (χ4n) is 4.36. The number of amides is 2. The summed E-state index contributed by atoms with van der Waals surface area (Å²) in [6, 6.07) is 5.12. The quantitative estimate of drug-likeness (QED) is 0.562. The molecule has 1 aliphatic heterocycles. The van der Waals surface area contributed by atoms with Gasteiger partial charge in [0.25, 0.3) is 0 Å². The van der Waals surface area contributed by atoms with Crippen LogP contribution in [0.1, 0.15) is 71.8 Å². The van der Waals surface area contributed by atoms with Gasteiger partial charge >= 0.3 is 6.09 Å². The van der Waals surface area contributed by atoms with Crippen molar-refractivity contribution in [2.75, 3.05) is 26.2 Å². The van der Waals surface area contributed by atoms with Crippen molar-refractivity contribution in [3.63, 3.8) is 0 Å². The van der Waals surface area contributed by atoms with E-state index in [1.807, 2.05) is 33.8 Å². The maximum atomic E-state index is 14.7. The normalized spacial score (nSPS) is 19.4. The van der Waals surface area contributed by atoms with Gasteiger partial charge in [-0.15, -0.1) is 0 Å². The molecule has 1 heterocycles. The van der Waals surface area contributed by atoms with Gasteiger partial charge in [0, 0.05) is 25.6 Å². The van der Waals surface area contributed by atoms with Gasteiger partial charge in [0.05, 0.1) is 6.61 Å². The van der Waals surface area contributed by atoms with E-state index in [0.717, 1.165) is 43.2 Å². The Balaban J connectivity index is 1.47. The monoisotopic (exact) mass is 474 g/mol. The molecule has 188 valence electrons. The Hall–Kier alpha value is -2.57. The van der Waals surface area contributed by atoms with Crippen LogP contribution in [0.5, 0.6) is 5.75 Å². The fourth-order valence-corrected chi connectivity index (χ4v) is 4.36. The highest BCUT2D eigenvalue weighted by Crippen LogP contribution is 2.32. The van der Waals surface area contributed by atoms with Crippen molar-refractivity contribution in [3.05, 3.63) is 35.7 Å². The van der Waals surface area contributed by atoms with E-state index >= 15 is 0 Å². The summed E-state index contributed by atoms with van der Waals surface area (Å²) >= 11 is 0. The molecule has 1 unspecified atom stereocenters. The molecule has 0 saturated carbocycles. The van der Waals surface area contributed by atoms with Crippen molar-refractivity contribution in [3.8, 4) is 5.75 Å². The number of halogens is 1. The molecule has 1 saturated heterocycles. The van der Waals surface area contributed by atoms with Crippen LogP contribution in [0, 0.1) is 17.7 Å². The summed E-state index contributed by atoms with van der Waals surface area (Å²) in [6.45, 7) is 10.00. The molecule has 6 nitrogen and oxygen atoms in total. The summed E-state index contributed by atoms with van der Waals surface area (Å²) < 4.78 is 26.0. The number of likely N-dealkylation sites (tertiary alicyclic amines) is 1. The molecule has 1 N–H and O–H groups in total. The van der Waals surface area contributed by atoms with E-state index in [4.69, 9.17) is 9.47 Å². The van der Waals surface area contributed by atoms with Crippen molar-refractivity contribution < 1.29 is 23.5 Å². The molecular weight excluding hydrogens is 435 g/mol. The second-order valence-corrected chi connectivity index (χ2v) is 10.4. The van der Waals surface area contributed by atoms with Crippen molar-refractivity contribution in [2.24, 2.45) is 11.8 Å². The largest absolute Gasteiger partial charge is 0.490 e. The zero-order valence-corrected chi connectivity index (χ0v) is 21.0. The number of piperidine rings is 1. The molecule has 2 amide bonds. The minimum atomic E-state index is -0.501. The minimum absolute atomic E-state index is 0.00416. The number of benzene rings is 1. The first-order valence-corrected chi connectivity index (χ1v) is 12.5. The Morgan fingerprint density at radius 1 is 1.18 bits per heavy atom. The lowest BCUT2D eigenvalue weighted by Crippen LogP contribution is -2.42. The van der Waals surface area contributed by atoms with E-state index in [2.05, 4.69) is 11.4 Å². The summed E-state index contributed by atoms with van der Waals surface area (Å²) in [7, 11) is 0. The van der Waals surface area contributed by atoms with Crippen LogP contribution in [0.25, 0.3) is 5.57 Å². The molecule has 0 radical (unpaired) electrons. The first-order valence-electron chi connectivity index (χ1n) is 12.5. The van der Waals surface area contributed by atoms with Crippen LogP contribution in [0.15, 0.2) is 24.3 Å². The van der Waals surface area contributed by atoms with Gasteiger partial charge in [-0.05, 0) is 88.5 Å². The van der Waals surface area contributed by atoms with E-state index in [-0.39, 0.29) is 35.4 Å². The van der Waals surface area contributed by atoms with E-state index in [0.29, 0.717) is 32.7 Å². The summed E-state index contributed by atoms with van der Waals surface area (Å²) in [6.07, 6.45) is 6.55. The molecule has 1 atom stereocenters. The van der Waals surface area contributed by atoms with E-state index < -0.39 is 5.60 Å². The second kappa shape index (κ2) is 11.7. The first-order chi connectivity index (χ1) is 16.2. The molecule has 0 spiro atoms. The Morgan fingerprint density at radius 2 is 1.91 bits per heavy atom. The summed E-state index contributed by atoms with van der Waals surface area (Å²) in [5.74, 6) is 0.280. The molecular formula is C27H39FN2O4. The van der Waals surface area contributed by atoms with Gasteiger partial charge in [0.15, 0.2) is 11.6 Å². The number of hydrogen-bond donors (Lipinski definition) is 1. The number of nitrogens with zero attached hydrogens (tertiary/aromatic N) is 1. The lowest BCUT2D eigenvalue weighted by atomic mass is 9.86. The van der Waals surface area contributed by atoms with Crippen LogP contribution < -0.4 is 10.1 Å². The van der Waals surface area contributed by atoms with Crippen LogP contribution in [-0.4, -0.2) is 48.7 Å². The molecule has 34 heavy (non-hydrogen) atoms. The first kappa shape index (κ1) is 26.0. The smallest absolute Gasteiger partial charge is 0.410 e. The van der Waals surface area contributed by atoms with Gasteiger partial charge in [-0.1, -0.05) is 19.1 Å². The zero-order valence-electron chi connectivity index (χ0n) is 21.0. The number of hydrogen-bond acceptors (Lipinski definition) is 4. The number of carbonyl (C=O) groups is 2. The van der Waals surface area contributed by atoms with E-state index in [9.17, 15) is 14.0 Å². The van der Waals surface area contributed by atoms with Crippen LogP contribution in [-0.2, 0) is 9.53 Å². The molecule has 1 aromatic carbocycles. The van der Waals surface area contributed by atoms with Crippen molar-refractivity contribution in [1.29, 1.82) is 0 Å². The van der Waals surface area contributed by atoms with E-state index in [1.165, 1.54) is 6.07 Å². The van der Waals surface area contributed by atoms with Gasteiger partial charge in [-0.2, -0.15) is 0 Å². The lowest BCUT2D eigenvalue weighted by Gasteiger charge is -2.33. The predicted octanol–water partition coefficient (Wildman–Crippen LogP) is 5.56. The Bertz CT molecular complexity index is 885. The Labute approximate surface area is 202 Å². The van der Waals surface area contributed by atoms with Crippen molar-refractivity contribution >= 4 is 17.6 Å². The Kier molecular flexibility index (Phi) is 8.97. The van der Waals surface area contributed by atoms with Gasteiger partial charge in [-0.3, -0.25) is 4.79 Å². The second-order valence-electron chi connectivity index (χ2n) is 10.4. The maximum Gasteiger partial charge on any atom is 0.410 e. The standard InChI is InChI=1S/C27H39FN2O4/c1-5-14-29-25(31)21-8-6-20(7-9-21)22-10-11-24(23(28)17-22)33-18-19-12-15-30(16-13-19)26(32)34-27(2,3)4/h6,10-11,17,19,21H,5,7-9,12-16,18H2,1-4H3,(H,29,31). The highest BCUT2D eigenvalue weighted by molar-refractivity contribution is 5.80. The molecule has 3 rings (SSSR count). The molecule has 0 bridgehead atoms. The molecule has 2 aliphatic rings. The van der Waals surface area contributed by atoms with Crippen molar-refractivity contribution in [1.82, 2.24) is 10.2 Å². The topological polar surface area (TPSA) is 67.9 Å². The predicted molar refractivity (Wildman–Crippen MR) is 131 cm³/mol.